The third-order valence-corrected chi connectivity index (χ3v) is 9.32. The largest absolute Gasteiger partial charge is 0.493 e. The molecule has 0 amide bonds. The minimum Gasteiger partial charge on any atom is -0.493 e. The lowest BCUT2D eigenvalue weighted by Gasteiger charge is -2.49. The number of rotatable bonds is 7. The molecule has 1 aliphatic heterocycles. The molecule has 1 heterocycles. The lowest BCUT2D eigenvalue weighted by atomic mass is 9.63. The van der Waals surface area contributed by atoms with Crippen LogP contribution in [0.15, 0.2) is 58.9 Å². The second-order valence-electron chi connectivity index (χ2n) is 13.5. The average molecular weight is 668 g/mol. The van der Waals surface area contributed by atoms with Gasteiger partial charge in [0.15, 0.2) is 23.1 Å². The van der Waals surface area contributed by atoms with Crippen LogP contribution in [0.25, 0.3) is 0 Å². The molecule has 0 saturated carbocycles. The molecular weight excluding hydrogens is 625 g/mol. The predicted octanol–water partition coefficient (Wildman–Crippen LogP) is 8.28. The Morgan fingerprint density at radius 3 is 2.07 bits per heavy atom. The first kappa shape index (κ1) is 29.9. The van der Waals surface area contributed by atoms with Crippen molar-refractivity contribution in [2.75, 3.05) is 13.7 Å². The lowest BCUT2D eigenvalue weighted by molar-refractivity contribution is -0.119. The normalized spacial score (nSPS) is 20.2. The molecule has 2 aromatic carbocycles. The molecule has 0 aromatic heterocycles. The molecule has 0 unspecified atom stereocenters. The Hall–Kier alpha value is -2.61. The highest BCUT2D eigenvalue weighted by Gasteiger charge is 2.49. The van der Waals surface area contributed by atoms with Crippen LogP contribution in [-0.2, 0) is 16.2 Å². The number of benzene rings is 2. The predicted molar refractivity (Wildman–Crippen MR) is 171 cm³/mol. The second-order valence-corrected chi connectivity index (χ2v) is 14.7. The molecule has 0 spiro atoms. The topological polar surface area (TPSA) is 55.8 Å². The Morgan fingerprint density at radius 2 is 1.54 bits per heavy atom. The van der Waals surface area contributed by atoms with E-state index >= 15 is 0 Å². The molecule has 0 saturated heterocycles. The number of ketones is 2. The molecule has 218 valence electrons. The van der Waals surface area contributed by atoms with Gasteiger partial charge in [-0.25, -0.2) is 0 Å². The Labute approximate surface area is 258 Å². The van der Waals surface area contributed by atoms with Gasteiger partial charge in [0, 0.05) is 47.8 Å². The zero-order chi connectivity index (χ0) is 29.7. The van der Waals surface area contributed by atoms with E-state index in [9.17, 15) is 9.59 Å². The number of ether oxygens (including phenoxy) is 2. The third-order valence-electron chi connectivity index (χ3n) is 8.52. The molecule has 3 aliphatic rings. The fourth-order valence-corrected chi connectivity index (χ4v) is 7.66. The molecule has 0 fully saturated rings. The highest BCUT2D eigenvalue weighted by molar-refractivity contribution is 14.1. The van der Waals surface area contributed by atoms with Gasteiger partial charge in [-0.15, -0.1) is 0 Å². The van der Waals surface area contributed by atoms with E-state index in [1.807, 2.05) is 12.1 Å². The van der Waals surface area contributed by atoms with Crippen LogP contribution in [0.3, 0.4) is 0 Å². The highest BCUT2D eigenvalue weighted by Crippen LogP contribution is 2.55. The highest BCUT2D eigenvalue weighted by atomic mass is 127. The van der Waals surface area contributed by atoms with Crippen LogP contribution in [0.4, 0.5) is 0 Å². The number of nitrogens with zero attached hydrogens (tertiary/aromatic N) is 1. The van der Waals surface area contributed by atoms with Crippen molar-refractivity contribution in [1.29, 1.82) is 0 Å². The summed E-state index contributed by atoms with van der Waals surface area (Å²) < 4.78 is 13.1. The van der Waals surface area contributed by atoms with E-state index in [1.165, 1.54) is 5.56 Å². The van der Waals surface area contributed by atoms with Crippen molar-refractivity contribution in [1.82, 2.24) is 4.90 Å². The first-order chi connectivity index (χ1) is 19.3. The van der Waals surface area contributed by atoms with E-state index in [4.69, 9.17) is 9.47 Å². The minimum absolute atomic E-state index is 0.127. The van der Waals surface area contributed by atoms with Crippen molar-refractivity contribution in [2.24, 2.45) is 10.8 Å². The van der Waals surface area contributed by atoms with Crippen LogP contribution >= 0.6 is 22.6 Å². The Kier molecular flexibility index (Phi) is 8.18. The fraction of sp³-hybridized carbons (Fsp3) is 0.486. The maximum atomic E-state index is 14.0. The number of carbonyl (C=O) groups excluding carboxylic acids is 2. The molecule has 5 nitrogen and oxygen atoms in total. The van der Waals surface area contributed by atoms with Crippen LogP contribution in [0.5, 0.6) is 11.5 Å². The van der Waals surface area contributed by atoms with Gasteiger partial charge in [-0.2, -0.15) is 0 Å². The molecule has 0 bridgehead atoms. The molecule has 2 aliphatic carbocycles. The van der Waals surface area contributed by atoms with Crippen LogP contribution in [-0.4, -0.2) is 30.1 Å². The number of methoxy groups -OCH3 is 1. The summed E-state index contributed by atoms with van der Waals surface area (Å²) in [5, 5.41) is 0. The van der Waals surface area contributed by atoms with E-state index in [0.29, 0.717) is 30.9 Å². The van der Waals surface area contributed by atoms with Crippen molar-refractivity contribution in [3.63, 3.8) is 0 Å². The first-order valence-electron chi connectivity index (χ1n) is 14.7. The molecule has 2 aromatic rings. The van der Waals surface area contributed by atoms with Gasteiger partial charge in [0.05, 0.1) is 10.7 Å². The van der Waals surface area contributed by atoms with Crippen molar-refractivity contribution in [3.8, 4) is 11.5 Å². The number of hydrogen-bond acceptors (Lipinski definition) is 5. The number of allylic oxidation sites excluding steroid dienone is 4. The molecule has 0 N–H and O–H groups in total. The zero-order valence-corrected chi connectivity index (χ0v) is 27.6. The molecule has 41 heavy (non-hydrogen) atoms. The maximum absolute atomic E-state index is 14.0. The summed E-state index contributed by atoms with van der Waals surface area (Å²) in [6.45, 7) is 14.2. The monoisotopic (exact) mass is 667 g/mol. The molecule has 6 heteroatoms. The SMILES string of the molecule is CCCN1C2=C(C(=O)CC(C)(C)C2)C(c2cc(I)c(OCc3cccc(C)c3)c(OC)c2)C2=C1CC(C)(C)CC2=O. The molecular formula is C35H42INO4. The van der Waals surface area contributed by atoms with Gasteiger partial charge in [-0.1, -0.05) is 64.4 Å². The summed E-state index contributed by atoms with van der Waals surface area (Å²) in [7, 11) is 1.65. The van der Waals surface area contributed by atoms with Crippen LogP contribution in [0.1, 0.15) is 89.3 Å². The van der Waals surface area contributed by atoms with Gasteiger partial charge in [0.25, 0.3) is 0 Å². The summed E-state index contributed by atoms with van der Waals surface area (Å²) in [4.78, 5) is 30.4. The Balaban J connectivity index is 1.65. The zero-order valence-electron chi connectivity index (χ0n) is 25.4. The van der Waals surface area contributed by atoms with Crippen LogP contribution in [0, 0.1) is 21.3 Å². The maximum Gasteiger partial charge on any atom is 0.174 e. The van der Waals surface area contributed by atoms with Gasteiger partial charge in [0.1, 0.15) is 6.61 Å². The second kappa shape index (κ2) is 11.2. The van der Waals surface area contributed by atoms with E-state index < -0.39 is 5.92 Å². The van der Waals surface area contributed by atoms with E-state index in [2.05, 4.69) is 93.3 Å². The van der Waals surface area contributed by atoms with E-state index in [1.54, 1.807) is 7.11 Å². The van der Waals surface area contributed by atoms with Crippen LogP contribution < -0.4 is 9.47 Å². The van der Waals surface area contributed by atoms with Crippen molar-refractivity contribution in [3.05, 3.63) is 79.2 Å². The van der Waals surface area contributed by atoms with Crippen molar-refractivity contribution >= 4 is 34.2 Å². The summed E-state index contributed by atoms with van der Waals surface area (Å²) in [6.07, 6.45) is 3.55. The summed E-state index contributed by atoms with van der Waals surface area (Å²) >= 11 is 2.30. The quantitative estimate of drug-likeness (QED) is 0.278. The summed E-state index contributed by atoms with van der Waals surface area (Å²) in [5.41, 5.74) is 6.76. The van der Waals surface area contributed by atoms with Crippen LogP contribution in [0.2, 0.25) is 0 Å². The number of halogens is 1. The fourth-order valence-electron chi connectivity index (χ4n) is 6.88. The summed E-state index contributed by atoms with van der Waals surface area (Å²) in [6, 6.07) is 12.4. The van der Waals surface area contributed by atoms with Gasteiger partial charge in [0.2, 0.25) is 0 Å². The standard InChI is InChI=1S/C35H42INO4/c1-8-12-37-25-16-34(3,4)18-27(38)31(25)30(32-26(37)17-35(5,6)19-28(32)39)23-14-24(36)33(29(15-23)40-7)41-20-22-11-9-10-21(2)13-22/h9-11,13-15,30H,8,12,16-20H2,1-7H3. The third kappa shape index (κ3) is 5.86. The number of hydrogen-bond donors (Lipinski definition) is 0. The molecule has 5 rings (SSSR count). The minimum atomic E-state index is -0.395. The smallest absolute Gasteiger partial charge is 0.174 e. The first-order valence-corrected chi connectivity index (χ1v) is 15.8. The van der Waals surface area contributed by atoms with E-state index in [0.717, 1.165) is 63.0 Å². The lowest BCUT2D eigenvalue weighted by Crippen LogP contribution is -2.44. The molecule has 0 radical (unpaired) electrons. The van der Waals surface area contributed by atoms with Gasteiger partial charge >= 0.3 is 0 Å². The Bertz CT molecular complexity index is 1410. The summed E-state index contributed by atoms with van der Waals surface area (Å²) in [5.74, 6) is 1.21. The van der Waals surface area contributed by atoms with Gasteiger partial charge < -0.3 is 14.4 Å². The van der Waals surface area contributed by atoms with Crippen molar-refractivity contribution in [2.45, 2.75) is 86.2 Å². The number of aryl methyl sites for hydroxylation is 1. The average Bonchev–Trinajstić information content (AvgIpc) is 2.87. The van der Waals surface area contributed by atoms with Gasteiger partial charge in [-0.05, 0) is 82.9 Å². The van der Waals surface area contributed by atoms with Crippen molar-refractivity contribution < 1.29 is 19.1 Å². The van der Waals surface area contributed by atoms with E-state index in [-0.39, 0.29) is 22.4 Å². The van der Waals surface area contributed by atoms with Gasteiger partial charge in [-0.3, -0.25) is 9.59 Å². The Morgan fingerprint density at radius 1 is 0.927 bits per heavy atom. The number of carbonyl (C=O) groups is 2. The number of Topliss-reactive ketones (excluding diaryl/α,β-unsaturated/α-hetero) is 2. The molecule has 0 atom stereocenters.